The number of carbonyl (C=O) groups excluding carboxylic acids is 2. The largest absolute Gasteiger partial charge is 0.497 e. The Labute approximate surface area is 131 Å². The van der Waals surface area contributed by atoms with Crippen molar-refractivity contribution in [2.24, 2.45) is 5.92 Å². The SMILES string of the molecule is CCOC(=O)C1CCN(CC(=O)c2ccc(OC)cc2)CC1. The second-order valence-corrected chi connectivity index (χ2v) is 5.45. The number of hydrogen-bond donors (Lipinski definition) is 0. The Balaban J connectivity index is 1.82. The minimum absolute atomic E-state index is 0.0210. The molecule has 0 N–H and O–H groups in total. The third-order valence-corrected chi connectivity index (χ3v) is 3.99. The first kappa shape index (κ1) is 16.5. The molecule has 0 atom stereocenters. The van der Waals surface area contributed by atoms with Gasteiger partial charge in [-0.15, -0.1) is 0 Å². The number of likely N-dealkylation sites (tertiary alicyclic amines) is 1. The minimum atomic E-state index is -0.108. The summed E-state index contributed by atoms with van der Waals surface area (Å²) in [5.41, 5.74) is 0.688. The van der Waals surface area contributed by atoms with E-state index in [1.54, 1.807) is 31.4 Å². The van der Waals surface area contributed by atoms with Crippen LogP contribution in [0.5, 0.6) is 5.75 Å². The maximum absolute atomic E-state index is 12.3. The molecular weight excluding hydrogens is 282 g/mol. The van der Waals surface area contributed by atoms with Crippen LogP contribution in [0.1, 0.15) is 30.1 Å². The monoisotopic (exact) mass is 305 g/mol. The van der Waals surface area contributed by atoms with Crippen molar-refractivity contribution >= 4 is 11.8 Å². The van der Waals surface area contributed by atoms with Crippen LogP contribution < -0.4 is 4.74 Å². The third kappa shape index (κ3) is 4.31. The second-order valence-electron chi connectivity index (χ2n) is 5.45. The van der Waals surface area contributed by atoms with Gasteiger partial charge < -0.3 is 9.47 Å². The number of esters is 1. The van der Waals surface area contributed by atoms with E-state index in [1.165, 1.54) is 0 Å². The molecule has 22 heavy (non-hydrogen) atoms. The predicted molar refractivity (Wildman–Crippen MR) is 83.1 cm³/mol. The maximum atomic E-state index is 12.3. The van der Waals surface area contributed by atoms with Gasteiger partial charge in [-0.05, 0) is 57.1 Å². The van der Waals surface area contributed by atoms with Crippen molar-refractivity contribution in [2.75, 3.05) is 33.4 Å². The Kier molecular flexibility index (Phi) is 5.95. The van der Waals surface area contributed by atoms with Crippen molar-refractivity contribution in [2.45, 2.75) is 19.8 Å². The van der Waals surface area contributed by atoms with Crippen molar-refractivity contribution in [3.8, 4) is 5.75 Å². The van der Waals surface area contributed by atoms with Crippen molar-refractivity contribution in [3.05, 3.63) is 29.8 Å². The summed E-state index contributed by atoms with van der Waals surface area (Å²) in [7, 11) is 1.60. The summed E-state index contributed by atoms with van der Waals surface area (Å²) in [5, 5.41) is 0. The molecule has 1 fully saturated rings. The molecule has 0 spiro atoms. The van der Waals surface area contributed by atoms with E-state index in [0.717, 1.165) is 31.7 Å². The van der Waals surface area contributed by atoms with Gasteiger partial charge in [0.05, 0.1) is 26.2 Å². The van der Waals surface area contributed by atoms with E-state index in [4.69, 9.17) is 9.47 Å². The maximum Gasteiger partial charge on any atom is 0.309 e. The van der Waals surface area contributed by atoms with E-state index in [9.17, 15) is 9.59 Å². The van der Waals surface area contributed by atoms with Gasteiger partial charge in [-0.2, -0.15) is 0 Å². The van der Waals surface area contributed by atoms with Gasteiger partial charge in [-0.3, -0.25) is 14.5 Å². The van der Waals surface area contributed by atoms with Crippen LogP contribution in [-0.2, 0) is 9.53 Å². The number of hydrogen-bond acceptors (Lipinski definition) is 5. The fourth-order valence-electron chi connectivity index (χ4n) is 2.66. The van der Waals surface area contributed by atoms with E-state index in [1.807, 2.05) is 6.92 Å². The fraction of sp³-hybridized carbons (Fsp3) is 0.529. The van der Waals surface area contributed by atoms with Gasteiger partial charge in [0.25, 0.3) is 0 Å². The average Bonchev–Trinajstić information content (AvgIpc) is 2.55. The van der Waals surface area contributed by atoms with Crippen LogP contribution in [-0.4, -0.2) is 50.0 Å². The van der Waals surface area contributed by atoms with Crippen LogP contribution in [0.2, 0.25) is 0 Å². The quantitative estimate of drug-likeness (QED) is 0.595. The highest BCUT2D eigenvalue weighted by Gasteiger charge is 2.26. The summed E-state index contributed by atoms with van der Waals surface area (Å²) in [6, 6.07) is 7.15. The number of ether oxygens (including phenoxy) is 2. The lowest BCUT2D eigenvalue weighted by Crippen LogP contribution is -2.39. The number of methoxy groups -OCH3 is 1. The van der Waals surface area contributed by atoms with Crippen LogP contribution in [0.25, 0.3) is 0 Å². The molecule has 5 heteroatoms. The van der Waals surface area contributed by atoms with E-state index in [0.29, 0.717) is 18.7 Å². The summed E-state index contributed by atoms with van der Waals surface area (Å²) < 4.78 is 10.1. The van der Waals surface area contributed by atoms with Crippen LogP contribution in [0.4, 0.5) is 0 Å². The lowest BCUT2D eigenvalue weighted by Gasteiger charge is -2.30. The lowest BCUT2D eigenvalue weighted by atomic mass is 9.96. The molecule has 1 aromatic carbocycles. The Morgan fingerprint density at radius 2 is 1.82 bits per heavy atom. The zero-order valence-corrected chi connectivity index (χ0v) is 13.2. The summed E-state index contributed by atoms with van der Waals surface area (Å²) in [6.45, 7) is 4.15. The lowest BCUT2D eigenvalue weighted by molar-refractivity contribution is -0.149. The summed E-state index contributed by atoms with van der Waals surface area (Å²) in [6.07, 6.45) is 1.52. The molecule has 0 aromatic heterocycles. The van der Waals surface area contributed by atoms with Crippen LogP contribution in [0, 0.1) is 5.92 Å². The number of nitrogens with zero attached hydrogens (tertiary/aromatic N) is 1. The molecule has 1 saturated heterocycles. The topological polar surface area (TPSA) is 55.8 Å². The first-order chi connectivity index (χ1) is 10.6. The molecule has 0 unspecified atom stereocenters. The van der Waals surface area contributed by atoms with E-state index < -0.39 is 0 Å². The van der Waals surface area contributed by atoms with Gasteiger partial charge in [-0.1, -0.05) is 0 Å². The van der Waals surface area contributed by atoms with Crippen molar-refractivity contribution in [1.29, 1.82) is 0 Å². The van der Waals surface area contributed by atoms with Gasteiger partial charge in [0.1, 0.15) is 5.75 Å². The number of piperidine rings is 1. The first-order valence-corrected chi connectivity index (χ1v) is 7.70. The van der Waals surface area contributed by atoms with Gasteiger partial charge >= 0.3 is 5.97 Å². The average molecular weight is 305 g/mol. The Morgan fingerprint density at radius 3 is 2.36 bits per heavy atom. The molecular formula is C17H23NO4. The van der Waals surface area contributed by atoms with E-state index in [2.05, 4.69) is 4.90 Å². The van der Waals surface area contributed by atoms with Crippen LogP contribution >= 0.6 is 0 Å². The van der Waals surface area contributed by atoms with Crippen LogP contribution in [0.3, 0.4) is 0 Å². The smallest absolute Gasteiger partial charge is 0.309 e. The Bertz CT molecular complexity index is 504. The summed E-state index contributed by atoms with van der Waals surface area (Å²) >= 11 is 0. The summed E-state index contributed by atoms with van der Waals surface area (Å²) in [4.78, 5) is 26.0. The van der Waals surface area contributed by atoms with Crippen molar-refractivity contribution < 1.29 is 19.1 Å². The van der Waals surface area contributed by atoms with Crippen molar-refractivity contribution in [1.82, 2.24) is 4.90 Å². The standard InChI is InChI=1S/C17H23NO4/c1-3-22-17(20)14-8-10-18(11-9-14)12-16(19)13-4-6-15(21-2)7-5-13/h4-7,14H,3,8-12H2,1-2H3. The summed E-state index contributed by atoms with van der Waals surface area (Å²) in [5.74, 6) is 0.708. The Hall–Kier alpha value is -1.88. The second kappa shape index (κ2) is 7.94. The molecule has 1 aliphatic rings. The molecule has 0 saturated carbocycles. The van der Waals surface area contributed by atoms with E-state index >= 15 is 0 Å². The zero-order chi connectivity index (χ0) is 15.9. The predicted octanol–water partition coefficient (Wildman–Crippen LogP) is 2.15. The first-order valence-electron chi connectivity index (χ1n) is 7.70. The van der Waals surface area contributed by atoms with Gasteiger partial charge in [0, 0.05) is 5.56 Å². The third-order valence-electron chi connectivity index (χ3n) is 3.99. The molecule has 120 valence electrons. The highest BCUT2D eigenvalue weighted by atomic mass is 16.5. The number of ketones is 1. The molecule has 2 rings (SSSR count). The molecule has 0 amide bonds. The number of benzene rings is 1. The molecule has 0 aliphatic carbocycles. The van der Waals surface area contributed by atoms with Crippen molar-refractivity contribution in [3.63, 3.8) is 0 Å². The molecule has 0 radical (unpaired) electrons. The normalized spacial score (nSPS) is 16.3. The molecule has 5 nitrogen and oxygen atoms in total. The molecule has 1 aliphatic heterocycles. The number of rotatable bonds is 6. The minimum Gasteiger partial charge on any atom is -0.497 e. The molecule has 1 heterocycles. The van der Waals surface area contributed by atoms with Gasteiger partial charge in [0.15, 0.2) is 5.78 Å². The highest BCUT2D eigenvalue weighted by molar-refractivity contribution is 5.97. The van der Waals surface area contributed by atoms with Gasteiger partial charge in [-0.25, -0.2) is 0 Å². The van der Waals surface area contributed by atoms with E-state index in [-0.39, 0.29) is 17.7 Å². The zero-order valence-electron chi connectivity index (χ0n) is 13.2. The molecule has 1 aromatic rings. The van der Waals surface area contributed by atoms with Gasteiger partial charge in [0.2, 0.25) is 0 Å². The number of carbonyl (C=O) groups is 2. The fourth-order valence-corrected chi connectivity index (χ4v) is 2.66. The highest BCUT2D eigenvalue weighted by Crippen LogP contribution is 2.19. The number of Topliss-reactive ketones (excluding diaryl/α,β-unsaturated/α-hetero) is 1. The Morgan fingerprint density at radius 1 is 1.18 bits per heavy atom. The molecule has 0 bridgehead atoms. The van der Waals surface area contributed by atoms with Crippen LogP contribution in [0.15, 0.2) is 24.3 Å².